The van der Waals surface area contributed by atoms with Gasteiger partial charge in [0.2, 0.25) is 12.2 Å². The Morgan fingerprint density at radius 1 is 1.20 bits per heavy atom. The van der Waals surface area contributed by atoms with Crippen LogP contribution in [0.5, 0.6) is 0 Å². The molecule has 16 heteroatoms. The molecule has 2 unspecified atom stereocenters. The zero-order chi connectivity index (χ0) is 30.3. The van der Waals surface area contributed by atoms with Gasteiger partial charge in [-0.25, -0.2) is 14.6 Å². The van der Waals surface area contributed by atoms with E-state index in [2.05, 4.69) is 10.3 Å². The quantitative estimate of drug-likeness (QED) is 0.107. The van der Waals surface area contributed by atoms with Crippen LogP contribution >= 0.6 is 23.1 Å². The number of esters is 2. The minimum Gasteiger partial charge on any atom is -0.461 e. The Morgan fingerprint density at radius 3 is 2.56 bits per heavy atom. The molecule has 4 atom stereocenters. The molecule has 0 radical (unpaired) electrons. The van der Waals surface area contributed by atoms with Crippen LogP contribution in [-0.4, -0.2) is 81.7 Å². The summed E-state index contributed by atoms with van der Waals surface area (Å²) in [6.45, 7) is 5.78. The summed E-state index contributed by atoms with van der Waals surface area (Å²) < 4.78 is 20.5. The maximum atomic E-state index is 13.2. The average molecular weight is 613 g/mol. The van der Waals surface area contributed by atoms with Crippen molar-refractivity contribution in [1.29, 1.82) is 0 Å². The highest BCUT2D eigenvalue weighted by molar-refractivity contribution is 8.00. The van der Waals surface area contributed by atoms with Gasteiger partial charge in [-0.2, -0.15) is 0 Å². The Hall–Kier alpha value is -3.66. The first-order valence-electron chi connectivity index (χ1n) is 12.8. The third kappa shape index (κ3) is 8.66. The number of thiazole rings is 1. The number of Topliss-reactive ketones (excluding diaryl/α,β-unsaturated/α-hetero) is 1. The van der Waals surface area contributed by atoms with Crippen LogP contribution in [-0.2, 0) is 49.3 Å². The lowest BCUT2D eigenvalue weighted by atomic mass is 10.0. The van der Waals surface area contributed by atoms with Gasteiger partial charge in [-0.3, -0.25) is 24.1 Å². The first-order chi connectivity index (χ1) is 19.4. The second kappa shape index (κ2) is 14.3. The lowest BCUT2D eigenvalue weighted by Gasteiger charge is -2.49. The van der Waals surface area contributed by atoms with Crippen LogP contribution < -0.4 is 11.1 Å². The fraction of sp³-hybridized carbons (Fsp3) is 0.560. The summed E-state index contributed by atoms with van der Waals surface area (Å²) in [6.07, 6.45) is -1.93. The summed E-state index contributed by atoms with van der Waals surface area (Å²) in [5, 5.41) is 3.95. The minimum absolute atomic E-state index is 0.0845. The second-order valence-corrected chi connectivity index (χ2v) is 11.4. The number of hydrogen-bond donors (Lipinski definition) is 2. The zero-order valence-electron chi connectivity index (χ0n) is 23.0. The van der Waals surface area contributed by atoms with Crippen molar-refractivity contribution in [1.82, 2.24) is 15.2 Å². The molecule has 1 saturated heterocycles. The average Bonchev–Trinajstić information content (AvgIpc) is 3.28. The summed E-state index contributed by atoms with van der Waals surface area (Å²) in [5.74, 6) is -3.10. The summed E-state index contributed by atoms with van der Waals surface area (Å²) >= 11 is 2.43. The number of amides is 2. The molecule has 2 amide bonds. The van der Waals surface area contributed by atoms with Crippen LogP contribution in [0.25, 0.3) is 0 Å². The minimum atomic E-state index is -1.37. The predicted octanol–water partition coefficient (Wildman–Crippen LogP) is 1.68. The van der Waals surface area contributed by atoms with Gasteiger partial charge in [-0.05, 0) is 20.3 Å². The molecule has 224 valence electrons. The van der Waals surface area contributed by atoms with Crippen molar-refractivity contribution in [3.8, 4) is 0 Å². The van der Waals surface area contributed by atoms with Gasteiger partial charge in [0.05, 0.1) is 12.1 Å². The van der Waals surface area contributed by atoms with E-state index in [1.165, 1.54) is 36.9 Å². The summed E-state index contributed by atoms with van der Waals surface area (Å²) in [6, 6.07) is -0.934. The van der Waals surface area contributed by atoms with Crippen molar-refractivity contribution in [3.05, 3.63) is 22.3 Å². The number of anilines is 1. The molecule has 41 heavy (non-hydrogen) atoms. The molecule has 3 N–H and O–H groups in total. The van der Waals surface area contributed by atoms with E-state index >= 15 is 0 Å². The largest absolute Gasteiger partial charge is 0.511 e. The number of ether oxygens (including phenoxy) is 4. The lowest BCUT2D eigenvalue weighted by Crippen LogP contribution is -2.70. The molecule has 0 aromatic carbocycles. The number of ketones is 1. The van der Waals surface area contributed by atoms with Gasteiger partial charge in [0.25, 0.3) is 5.91 Å². The molecule has 0 aliphatic carbocycles. The molecule has 3 rings (SSSR count). The third-order valence-corrected chi connectivity index (χ3v) is 7.86. The van der Waals surface area contributed by atoms with Gasteiger partial charge in [-0.1, -0.05) is 13.3 Å². The summed E-state index contributed by atoms with van der Waals surface area (Å²) in [7, 11) is 0. The number of carbonyl (C=O) groups is 6. The Bertz CT molecular complexity index is 1230. The maximum absolute atomic E-state index is 13.2. The first kappa shape index (κ1) is 31.9. The third-order valence-electron chi connectivity index (χ3n) is 5.80. The molecule has 2 aliphatic heterocycles. The van der Waals surface area contributed by atoms with Gasteiger partial charge in [0, 0.05) is 23.6 Å². The van der Waals surface area contributed by atoms with E-state index in [1.54, 1.807) is 12.3 Å². The topological polar surface area (TPSA) is 194 Å². The number of β-lactam (4-membered cyclic amide) rings is 1. The van der Waals surface area contributed by atoms with Gasteiger partial charge >= 0.3 is 18.1 Å². The Morgan fingerprint density at radius 2 is 1.93 bits per heavy atom. The summed E-state index contributed by atoms with van der Waals surface area (Å²) in [5.41, 5.74) is 6.11. The zero-order valence-corrected chi connectivity index (χ0v) is 24.6. The van der Waals surface area contributed by atoms with Crippen molar-refractivity contribution in [2.24, 2.45) is 0 Å². The van der Waals surface area contributed by atoms with Crippen LogP contribution in [0.15, 0.2) is 16.7 Å². The second-order valence-electron chi connectivity index (χ2n) is 9.36. The highest BCUT2D eigenvalue weighted by atomic mass is 32.2. The van der Waals surface area contributed by atoms with E-state index in [9.17, 15) is 28.8 Å². The standard InChI is InChI=1S/C25H32N4O10S2/c1-5-6-13(3)37-25(35)39-14(4)38-23(34)20-15(9-36-18(32)7-12(2)30)10-40-22-19(21(33)29(20)22)28-17(31)8-16-11-41-24(26)27-16/h11,13-14,19,22H,5-10H2,1-4H3,(H2,26,27)(H,28,31)/t13?,14?,19-,22+/m1/s1. The highest BCUT2D eigenvalue weighted by Crippen LogP contribution is 2.41. The molecular weight excluding hydrogens is 580 g/mol. The Kier molecular flexibility index (Phi) is 11.1. The van der Waals surface area contributed by atoms with E-state index in [0.29, 0.717) is 17.2 Å². The lowest BCUT2D eigenvalue weighted by molar-refractivity contribution is -0.170. The number of carbonyl (C=O) groups excluding carboxylic acids is 6. The predicted molar refractivity (Wildman–Crippen MR) is 146 cm³/mol. The first-order valence-corrected chi connectivity index (χ1v) is 14.7. The molecule has 1 aromatic heterocycles. The Balaban J connectivity index is 1.71. The van der Waals surface area contributed by atoms with Crippen molar-refractivity contribution < 1.29 is 47.7 Å². The molecule has 14 nitrogen and oxygen atoms in total. The van der Waals surface area contributed by atoms with Crippen LogP contribution in [0, 0.1) is 0 Å². The van der Waals surface area contributed by atoms with Crippen LogP contribution in [0.2, 0.25) is 0 Å². The van der Waals surface area contributed by atoms with Crippen LogP contribution in [0.3, 0.4) is 0 Å². The van der Waals surface area contributed by atoms with Gasteiger partial charge in [0.15, 0.2) is 5.13 Å². The number of rotatable bonds is 13. The van der Waals surface area contributed by atoms with E-state index in [1.807, 2.05) is 6.92 Å². The van der Waals surface area contributed by atoms with Gasteiger partial charge in [-0.15, -0.1) is 23.1 Å². The fourth-order valence-corrected chi connectivity index (χ4v) is 5.91. The monoisotopic (exact) mass is 612 g/mol. The Labute approximate surface area is 244 Å². The molecule has 2 aliphatic rings. The van der Waals surface area contributed by atoms with Crippen LogP contribution in [0.1, 0.15) is 52.7 Å². The van der Waals surface area contributed by atoms with Crippen LogP contribution in [0.4, 0.5) is 9.93 Å². The number of aromatic nitrogens is 1. The molecule has 1 fully saturated rings. The van der Waals surface area contributed by atoms with E-state index < -0.39 is 65.9 Å². The molecular formula is C25H32N4O10S2. The highest BCUT2D eigenvalue weighted by Gasteiger charge is 2.54. The fourth-order valence-electron chi connectivity index (χ4n) is 4.02. The molecule has 0 saturated carbocycles. The molecule has 1 aromatic rings. The van der Waals surface area contributed by atoms with Crippen molar-refractivity contribution >= 4 is 63.9 Å². The number of nitrogens with two attached hydrogens (primary N) is 1. The normalized spacial score (nSPS) is 19.3. The van der Waals surface area contributed by atoms with Crippen molar-refractivity contribution in [2.45, 2.75) is 77.2 Å². The number of thioether (sulfide) groups is 1. The SMILES string of the molecule is CCCC(C)OC(=O)OC(C)OC(=O)C1=C(COC(=O)CC(C)=O)CS[C@H]2[C@H](NC(=O)Cc3csc(N)n3)C(=O)N12. The smallest absolute Gasteiger partial charge is 0.461 e. The number of nitrogen functional groups attached to an aromatic ring is 1. The van der Waals surface area contributed by atoms with E-state index in [0.717, 1.165) is 11.3 Å². The van der Waals surface area contributed by atoms with Crippen molar-refractivity contribution in [3.63, 3.8) is 0 Å². The molecule has 0 spiro atoms. The number of fused-ring (bicyclic) bond motifs is 1. The van der Waals surface area contributed by atoms with Crippen molar-refractivity contribution in [2.75, 3.05) is 18.1 Å². The summed E-state index contributed by atoms with van der Waals surface area (Å²) in [4.78, 5) is 79.3. The number of nitrogens with one attached hydrogen (secondary N) is 1. The van der Waals surface area contributed by atoms with Gasteiger partial charge < -0.3 is 30.0 Å². The molecule has 0 bridgehead atoms. The van der Waals surface area contributed by atoms with Gasteiger partial charge in [0.1, 0.15) is 42.0 Å². The van der Waals surface area contributed by atoms with E-state index in [4.69, 9.17) is 24.7 Å². The maximum Gasteiger partial charge on any atom is 0.511 e. The molecule has 3 heterocycles. The van der Waals surface area contributed by atoms with E-state index in [-0.39, 0.29) is 30.1 Å². The number of nitrogens with zero attached hydrogens (tertiary/aromatic N) is 2. The number of hydrogen-bond acceptors (Lipinski definition) is 14.